The minimum atomic E-state index is 0.566. The van der Waals surface area contributed by atoms with E-state index in [0.29, 0.717) is 15.0 Å². The van der Waals surface area contributed by atoms with Crippen LogP contribution in [0, 0.1) is 3.57 Å². The summed E-state index contributed by atoms with van der Waals surface area (Å²) < 4.78 is 2.86. The Morgan fingerprint density at radius 2 is 1.65 bits per heavy atom. The number of hydrogen-bond acceptors (Lipinski definition) is 0. The summed E-state index contributed by atoms with van der Waals surface area (Å²) in [4.78, 5) is 0. The summed E-state index contributed by atoms with van der Waals surface area (Å²) in [5, 5.41) is 1.32. The van der Waals surface area contributed by atoms with E-state index in [1.807, 2.05) is 6.08 Å². The van der Waals surface area contributed by atoms with Crippen LogP contribution < -0.4 is 4.46 Å². The second kappa shape index (κ2) is 8.66. The monoisotopic (exact) mass is 442 g/mol. The third-order valence-corrected chi connectivity index (χ3v) is 6.49. The van der Waals surface area contributed by atoms with Gasteiger partial charge in [0.1, 0.15) is 0 Å². The second-order valence-corrected chi connectivity index (χ2v) is 8.16. The molecule has 0 saturated heterocycles. The van der Waals surface area contributed by atoms with Gasteiger partial charge in [0.2, 0.25) is 0 Å². The fourth-order valence-electron chi connectivity index (χ4n) is 2.07. The molecular weight excluding hydrogens is 422 g/mol. The van der Waals surface area contributed by atoms with E-state index >= 15 is 0 Å². The normalized spacial score (nSPS) is 10.4. The SMILES string of the molecule is C=CCCCC[Se]c1ccccc1-c1ccccc1I. The molecule has 104 valence electrons. The molecule has 0 atom stereocenters. The van der Waals surface area contributed by atoms with Crippen LogP contribution in [0.3, 0.4) is 0 Å². The molecule has 2 heteroatoms. The van der Waals surface area contributed by atoms with Crippen molar-refractivity contribution in [3.63, 3.8) is 0 Å². The summed E-state index contributed by atoms with van der Waals surface area (Å²) in [7, 11) is 0. The molecule has 20 heavy (non-hydrogen) atoms. The Kier molecular flexibility index (Phi) is 6.84. The zero-order valence-corrected chi connectivity index (χ0v) is 15.4. The molecule has 0 heterocycles. The first kappa shape index (κ1) is 15.8. The molecule has 0 aliphatic carbocycles. The minimum absolute atomic E-state index is 0.566. The van der Waals surface area contributed by atoms with Crippen LogP contribution in [0.15, 0.2) is 61.2 Å². The average Bonchev–Trinajstić information content (AvgIpc) is 2.48. The molecule has 0 nitrogen and oxygen atoms in total. The van der Waals surface area contributed by atoms with Crippen molar-refractivity contribution in [2.75, 3.05) is 0 Å². The second-order valence-electron chi connectivity index (χ2n) is 4.61. The molecule has 0 unspecified atom stereocenters. The van der Waals surface area contributed by atoms with Crippen molar-refractivity contribution in [3.8, 4) is 11.1 Å². The molecule has 0 aliphatic heterocycles. The third kappa shape index (κ3) is 4.47. The molecule has 0 fully saturated rings. The van der Waals surface area contributed by atoms with Crippen molar-refractivity contribution in [3.05, 3.63) is 64.8 Å². The predicted molar refractivity (Wildman–Crippen MR) is 98.8 cm³/mol. The van der Waals surface area contributed by atoms with Crippen LogP contribution >= 0.6 is 22.6 Å². The first-order chi connectivity index (χ1) is 9.83. The van der Waals surface area contributed by atoms with Gasteiger partial charge in [-0.2, -0.15) is 0 Å². The zero-order chi connectivity index (χ0) is 14.2. The molecule has 0 bridgehead atoms. The number of unbranched alkanes of at least 4 members (excludes halogenated alkanes) is 2. The summed E-state index contributed by atoms with van der Waals surface area (Å²) in [6.07, 6.45) is 5.75. The van der Waals surface area contributed by atoms with Crippen molar-refractivity contribution in [2.45, 2.75) is 24.6 Å². The number of hydrogen-bond donors (Lipinski definition) is 0. The van der Waals surface area contributed by atoms with Gasteiger partial charge in [-0.1, -0.05) is 0 Å². The van der Waals surface area contributed by atoms with Gasteiger partial charge in [-0.15, -0.1) is 0 Å². The van der Waals surface area contributed by atoms with Crippen molar-refractivity contribution < 1.29 is 0 Å². The summed E-state index contributed by atoms with van der Waals surface area (Å²) in [5.41, 5.74) is 2.79. The van der Waals surface area contributed by atoms with Gasteiger partial charge in [0.15, 0.2) is 0 Å². The standard InChI is InChI=1S/C18H19ISe/c1-2-3-4-9-14-20-18-13-8-6-11-16(18)15-10-5-7-12-17(15)19/h2,5-8,10-13H,1,3-4,9,14H2. The number of rotatable bonds is 7. The first-order valence-corrected chi connectivity index (χ1v) is 10.0. The molecule has 0 radical (unpaired) electrons. The van der Waals surface area contributed by atoms with Crippen molar-refractivity contribution in [1.29, 1.82) is 0 Å². The summed E-state index contributed by atoms with van der Waals surface area (Å²) in [6, 6.07) is 17.5. The van der Waals surface area contributed by atoms with E-state index in [0.717, 1.165) is 6.42 Å². The van der Waals surface area contributed by atoms with Gasteiger partial charge in [-0.25, -0.2) is 0 Å². The third-order valence-electron chi connectivity index (χ3n) is 3.11. The van der Waals surface area contributed by atoms with E-state index in [2.05, 4.69) is 77.7 Å². The van der Waals surface area contributed by atoms with Crippen molar-refractivity contribution in [2.24, 2.45) is 0 Å². The van der Waals surface area contributed by atoms with Gasteiger partial charge in [-0.05, 0) is 0 Å². The van der Waals surface area contributed by atoms with Gasteiger partial charge in [0, 0.05) is 0 Å². The number of halogens is 1. The Hall–Kier alpha value is -0.571. The molecule has 0 spiro atoms. The van der Waals surface area contributed by atoms with E-state index in [-0.39, 0.29) is 0 Å². The molecule has 0 N–H and O–H groups in total. The molecule has 2 aromatic carbocycles. The Balaban J connectivity index is 2.11. The molecule has 0 aliphatic rings. The summed E-state index contributed by atoms with van der Waals surface area (Å²) in [6.45, 7) is 3.78. The van der Waals surface area contributed by atoms with Crippen LogP contribution in [0.5, 0.6) is 0 Å². The first-order valence-electron chi connectivity index (χ1n) is 6.90. The molecule has 2 aromatic rings. The Labute approximate surface area is 142 Å². The molecular formula is C18H19ISe. The molecule has 2 rings (SSSR count). The fourth-order valence-corrected chi connectivity index (χ4v) is 5.00. The van der Waals surface area contributed by atoms with E-state index in [1.54, 1.807) is 0 Å². The topological polar surface area (TPSA) is 0 Å². The van der Waals surface area contributed by atoms with Crippen LogP contribution in [0.4, 0.5) is 0 Å². The van der Waals surface area contributed by atoms with Crippen LogP contribution in [-0.4, -0.2) is 15.0 Å². The summed E-state index contributed by atoms with van der Waals surface area (Å²) in [5.74, 6) is 0. The van der Waals surface area contributed by atoms with Gasteiger partial charge in [0.05, 0.1) is 0 Å². The fraction of sp³-hybridized carbons (Fsp3) is 0.222. The van der Waals surface area contributed by atoms with Gasteiger partial charge < -0.3 is 0 Å². The van der Waals surface area contributed by atoms with Gasteiger partial charge >= 0.3 is 142 Å². The van der Waals surface area contributed by atoms with E-state index < -0.39 is 0 Å². The van der Waals surface area contributed by atoms with Crippen molar-refractivity contribution in [1.82, 2.24) is 0 Å². The Bertz CT molecular complexity index is 563. The van der Waals surface area contributed by atoms with Gasteiger partial charge in [-0.3, -0.25) is 0 Å². The van der Waals surface area contributed by atoms with E-state index in [4.69, 9.17) is 0 Å². The molecule has 0 aromatic heterocycles. The van der Waals surface area contributed by atoms with Crippen molar-refractivity contribution >= 4 is 42.0 Å². The maximum atomic E-state index is 3.78. The average molecular weight is 441 g/mol. The number of benzene rings is 2. The number of allylic oxidation sites excluding steroid dienone is 1. The Morgan fingerprint density at radius 1 is 0.950 bits per heavy atom. The van der Waals surface area contributed by atoms with Crippen LogP contribution in [0.1, 0.15) is 19.3 Å². The predicted octanol–water partition coefficient (Wildman–Crippen LogP) is 5.06. The molecule has 0 saturated carbocycles. The molecule has 0 amide bonds. The summed E-state index contributed by atoms with van der Waals surface area (Å²) >= 11 is 3.00. The zero-order valence-electron chi connectivity index (χ0n) is 11.5. The van der Waals surface area contributed by atoms with Gasteiger partial charge in [0.25, 0.3) is 0 Å². The maximum absolute atomic E-state index is 3.78. The Morgan fingerprint density at radius 3 is 2.40 bits per heavy atom. The van der Waals surface area contributed by atoms with E-state index in [1.165, 1.54) is 37.3 Å². The quantitative estimate of drug-likeness (QED) is 0.244. The van der Waals surface area contributed by atoms with E-state index in [9.17, 15) is 0 Å². The van der Waals surface area contributed by atoms with Crippen LogP contribution in [0.25, 0.3) is 11.1 Å². The van der Waals surface area contributed by atoms with Crippen LogP contribution in [-0.2, 0) is 0 Å². The van der Waals surface area contributed by atoms with Crippen LogP contribution in [0.2, 0.25) is 5.32 Å².